The molecule has 0 radical (unpaired) electrons. The van der Waals surface area contributed by atoms with Crippen LogP contribution in [-0.2, 0) is 4.79 Å². The largest absolute Gasteiger partial charge is 0.351 e. The first-order valence-electron chi connectivity index (χ1n) is 7.66. The summed E-state index contributed by atoms with van der Waals surface area (Å²) in [6.45, 7) is 2.37. The Morgan fingerprint density at radius 3 is 2.83 bits per heavy atom. The van der Waals surface area contributed by atoms with Gasteiger partial charge in [-0.2, -0.15) is 0 Å². The molecule has 1 fully saturated rings. The van der Waals surface area contributed by atoms with Gasteiger partial charge in [0.25, 0.3) is 0 Å². The molecule has 7 nitrogen and oxygen atoms in total. The average molecular weight is 348 g/mol. The van der Waals surface area contributed by atoms with Crippen molar-refractivity contribution in [2.24, 2.45) is 5.73 Å². The Kier molecular flexibility index (Phi) is 4.44. The number of rotatable bonds is 3. The van der Waals surface area contributed by atoms with Crippen LogP contribution in [0.2, 0.25) is 5.02 Å². The van der Waals surface area contributed by atoms with Gasteiger partial charge < -0.3 is 16.0 Å². The van der Waals surface area contributed by atoms with Gasteiger partial charge in [0.2, 0.25) is 5.91 Å². The molecule has 0 spiro atoms. The molecule has 126 valence electrons. The van der Waals surface area contributed by atoms with E-state index in [4.69, 9.17) is 17.3 Å². The van der Waals surface area contributed by atoms with Crippen LogP contribution in [0, 0.1) is 6.92 Å². The SMILES string of the molecule is Cc1cc(NC(=O)[C@@H]2CCCN2C(N)=O)nn1-c1ccccc1Cl. The number of primary amides is 1. The van der Waals surface area contributed by atoms with Gasteiger partial charge in [-0.15, -0.1) is 5.10 Å². The van der Waals surface area contributed by atoms with Crippen LogP contribution in [0.5, 0.6) is 0 Å². The summed E-state index contributed by atoms with van der Waals surface area (Å²) in [7, 11) is 0. The molecule has 3 rings (SSSR count). The fourth-order valence-electron chi connectivity index (χ4n) is 2.92. The summed E-state index contributed by atoms with van der Waals surface area (Å²) in [5.41, 5.74) is 6.88. The number of likely N-dealkylation sites (tertiary alicyclic amines) is 1. The highest BCUT2D eigenvalue weighted by Gasteiger charge is 2.33. The van der Waals surface area contributed by atoms with Gasteiger partial charge in [0, 0.05) is 18.3 Å². The van der Waals surface area contributed by atoms with Crippen LogP contribution in [0.15, 0.2) is 30.3 Å². The van der Waals surface area contributed by atoms with Crippen molar-refractivity contribution in [1.29, 1.82) is 0 Å². The van der Waals surface area contributed by atoms with E-state index in [1.54, 1.807) is 16.8 Å². The Hall–Kier alpha value is -2.54. The van der Waals surface area contributed by atoms with E-state index in [9.17, 15) is 9.59 Å². The number of aromatic nitrogens is 2. The third kappa shape index (κ3) is 3.07. The Morgan fingerprint density at radius 1 is 1.38 bits per heavy atom. The lowest BCUT2D eigenvalue weighted by Gasteiger charge is -2.21. The molecule has 0 unspecified atom stereocenters. The number of aryl methyl sites for hydroxylation is 1. The van der Waals surface area contributed by atoms with Gasteiger partial charge in [0.1, 0.15) is 6.04 Å². The summed E-state index contributed by atoms with van der Waals surface area (Å²) < 4.78 is 1.67. The summed E-state index contributed by atoms with van der Waals surface area (Å²) >= 11 is 6.20. The number of nitrogens with zero attached hydrogens (tertiary/aromatic N) is 3. The molecule has 2 heterocycles. The monoisotopic (exact) mass is 347 g/mol. The van der Waals surface area contributed by atoms with Crippen molar-refractivity contribution < 1.29 is 9.59 Å². The number of nitrogens with one attached hydrogen (secondary N) is 1. The van der Waals surface area contributed by atoms with E-state index in [1.807, 2.05) is 25.1 Å². The van der Waals surface area contributed by atoms with Gasteiger partial charge in [-0.3, -0.25) is 4.79 Å². The summed E-state index contributed by atoms with van der Waals surface area (Å²) in [5, 5.41) is 7.71. The molecule has 1 aromatic carbocycles. The van der Waals surface area contributed by atoms with Crippen LogP contribution in [0.1, 0.15) is 18.5 Å². The minimum absolute atomic E-state index is 0.282. The van der Waals surface area contributed by atoms with Gasteiger partial charge in [-0.1, -0.05) is 23.7 Å². The molecule has 2 aromatic rings. The summed E-state index contributed by atoms with van der Waals surface area (Å²) in [6, 6.07) is 7.96. The average Bonchev–Trinajstić information content (AvgIpc) is 3.15. The number of para-hydroxylation sites is 1. The van der Waals surface area contributed by atoms with Gasteiger partial charge in [-0.25, -0.2) is 9.48 Å². The van der Waals surface area contributed by atoms with Gasteiger partial charge in [0.15, 0.2) is 5.82 Å². The van der Waals surface area contributed by atoms with Gasteiger partial charge in [-0.05, 0) is 31.9 Å². The van der Waals surface area contributed by atoms with Crippen LogP contribution in [0.3, 0.4) is 0 Å². The highest BCUT2D eigenvalue weighted by molar-refractivity contribution is 6.32. The molecular weight excluding hydrogens is 330 g/mol. The second-order valence-electron chi connectivity index (χ2n) is 5.71. The first kappa shape index (κ1) is 16.3. The van der Waals surface area contributed by atoms with Crippen molar-refractivity contribution in [3.63, 3.8) is 0 Å². The standard InChI is InChI=1S/C16H18ClN5O2/c1-10-9-14(20-22(10)12-6-3-2-5-11(12)17)19-15(23)13-7-4-8-21(13)16(18)24/h2-3,5-6,9,13H,4,7-8H2,1H3,(H2,18,24)(H,19,20,23)/t13-/m0/s1. The topological polar surface area (TPSA) is 93.2 Å². The first-order chi connectivity index (χ1) is 11.5. The van der Waals surface area contributed by atoms with Crippen LogP contribution >= 0.6 is 11.6 Å². The predicted octanol–water partition coefficient (Wildman–Crippen LogP) is 2.32. The van der Waals surface area contributed by atoms with E-state index >= 15 is 0 Å². The number of benzene rings is 1. The number of anilines is 1. The Bertz CT molecular complexity index is 789. The Labute approximate surface area is 144 Å². The second kappa shape index (κ2) is 6.52. The number of hydrogen-bond acceptors (Lipinski definition) is 3. The predicted molar refractivity (Wildman–Crippen MR) is 91.3 cm³/mol. The highest BCUT2D eigenvalue weighted by atomic mass is 35.5. The lowest BCUT2D eigenvalue weighted by atomic mass is 10.2. The number of carbonyl (C=O) groups excluding carboxylic acids is 2. The third-order valence-corrected chi connectivity index (χ3v) is 4.38. The number of nitrogens with two attached hydrogens (primary N) is 1. The molecule has 0 aliphatic carbocycles. The fraction of sp³-hybridized carbons (Fsp3) is 0.312. The number of amides is 3. The Balaban J connectivity index is 1.80. The van der Waals surface area contributed by atoms with E-state index < -0.39 is 12.1 Å². The molecule has 1 aromatic heterocycles. The van der Waals surface area contributed by atoms with Crippen LogP contribution in [0.25, 0.3) is 5.69 Å². The summed E-state index contributed by atoms with van der Waals surface area (Å²) in [4.78, 5) is 25.2. The molecule has 0 saturated carbocycles. The van der Waals surface area contributed by atoms with Crippen LogP contribution in [-0.4, -0.2) is 39.2 Å². The van der Waals surface area contributed by atoms with Crippen molar-refractivity contribution in [2.45, 2.75) is 25.8 Å². The lowest BCUT2D eigenvalue weighted by Crippen LogP contribution is -2.45. The van der Waals surface area contributed by atoms with E-state index in [0.717, 1.165) is 17.8 Å². The second-order valence-corrected chi connectivity index (χ2v) is 6.12. The van der Waals surface area contributed by atoms with E-state index in [-0.39, 0.29) is 5.91 Å². The Morgan fingerprint density at radius 2 is 2.12 bits per heavy atom. The molecule has 1 saturated heterocycles. The fourth-order valence-corrected chi connectivity index (χ4v) is 3.13. The van der Waals surface area contributed by atoms with Gasteiger partial charge in [0.05, 0.1) is 10.7 Å². The zero-order valence-corrected chi connectivity index (χ0v) is 14.0. The van der Waals surface area contributed by atoms with Crippen molar-refractivity contribution in [3.05, 3.63) is 41.0 Å². The number of halogens is 1. The quantitative estimate of drug-likeness (QED) is 0.892. The van der Waals surface area contributed by atoms with Crippen LogP contribution < -0.4 is 11.1 Å². The molecule has 0 bridgehead atoms. The van der Waals surface area contributed by atoms with Crippen molar-refractivity contribution in [1.82, 2.24) is 14.7 Å². The third-order valence-electron chi connectivity index (χ3n) is 4.06. The zero-order chi connectivity index (χ0) is 17.3. The smallest absolute Gasteiger partial charge is 0.315 e. The van der Waals surface area contributed by atoms with E-state index in [0.29, 0.717) is 23.8 Å². The zero-order valence-electron chi connectivity index (χ0n) is 13.2. The number of hydrogen-bond donors (Lipinski definition) is 2. The number of carbonyl (C=O) groups is 2. The molecule has 1 aliphatic rings. The number of urea groups is 1. The maximum atomic E-state index is 12.4. The molecular formula is C16H18ClN5O2. The lowest BCUT2D eigenvalue weighted by molar-refractivity contribution is -0.119. The normalized spacial score (nSPS) is 17.1. The first-order valence-corrected chi connectivity index (χ1v) is 8.03. The molecule has 1 atom stereocenters. The van der Waals surface area contributed by atoms with Crippen molar-refractivity contribution >= 4 is 29.4 Å². The van der Waals surface area contributed by atoms with Crippen molar-refractivity contribution in [3.8, 4) is 5.69 Å². The molecule has 1 aliphatic heterocycles. The summed E-state index contributed by atoms with van der Waals surface area (Å²) in [5.74, 6) is 0.129. The summed E-state index contributed by atoms with van der Waals surface area (Å²) in [6.07, 6.45) is 1.35. The molecule has 3 amide bonds. The minimum atomic E-state index is -0.578. The van der Waals surface area contributed by atoms with Crippen molar-refractivity contribution in [2.75, 3.05) is 11.9 Å². The maximum Gasteiger partial charge on any atom is 0.315 e. The van der Waals surface area contributed by atoms with Crippen LogP contribution in [0.4, 0.5) is 10.6 Å². The van der Waals surface area contributed by atoms with E-state index in [2.05, 4.69) is 10.4 Å². The van der Waals surface area contributed by atoms with E-state index in [1.165, 1.54) is 4.90 Å². The molecule has 3 N–H and O–H groups in total. The minimum Gasteiger partial charge on any atom is -0.351 e. The van der Waals surface area contributed by atoms with Gasteiger partial charge >= 0.3 is 6.03 Å². The highest BCUT2D eigenvalue weighted by Crippen LogP contribution is 2.23. The molecule has 8 heteroatoms. The molecule has 24 heavy (non-hydrogen) atoms. The maximum absolute atomic E-state index is 12.4.